The molecule has 1 amide bonds. The average molecular weight is 459 g/mol. The van der Waals surface area contributed by atoms with E-state index >= 15 is 0 Å². The number of phenols is 1. The molecule has 0 bridgehead atoms. The second-order valence-electron chi connectivity index (χ2n) is 7.48. The van der Waals surface area contributed by atoms with Gasteiger partial charge < -0.3 is 10.4 Å². The van der Waals surface area contributed by atoms with Crippen LogP contribution in [0.5, 0.6) is 5.75 Å². The lowest BCUT2D eigenvalue weighted by molar-refractivity contribution is -0.115. The molecule has 1 aliphatic heterocycles. The SMILES string of the molecule is CSc1nccn1-c1cccc(C2=Nc3cc(O)c(-c4ccccc4F)cc3NC(=O)C2)c1. The number of hydrogen-bond acceptors (Lipinski definition) is 5. The van der Waals surface area contributed by atoms with Crippen LogP contribution in [0.25, 0.3) is 16.8 Å². The Bertz CT molecular complexity index is 1410. The molecule has 164 valence electrons. The number of aliphatic imine (C=N–C) groups is 1. The molecule has 0 saturated heterocycles. The van der Waals surface area contributed by atoms with Gasteiger partial charge in [-0.2, -0.15) is 0 Å². The Labute approximate surface area is 193 Å². The number of imidazole rings is 1. The van der Waals surface area contributed by atoms with Crippen molar-refractivity contribution in [1.82, 2.24) is 9.55 Å². The van der Waals surface area contributed by atoms with E-state index in [0.29, 0.717) is 17.1 Å². The molecular formula is C25H19FN4O2S. The molecule has 4 aromatic rings. The fourth-order valence-corrected chi connectivity index (χ4v) is 4.37. The van der Waals surface area contributed by atoms with Crippen LogP contribution in [0.2, 0.25) is 0 Å². The monoisotopic (exact) mass is 458 g/mol. The number of aromatic hydroxyl groups is 1. The first-order valence-electron chi connectivity index (χ1n) is 10.2. The van der Waals surface area contributed by atoms with Crippen LogP contribution in [0.3, 0.4) is 0 Å². The molecule has 0 spiro atoms. The maximum atomic E-state index is 14.3. The lowest BCUT2D eigenvalue weighted by Gasteiger charge is -2.11. The highest BCUT2D eigenvalue weighted by atomic mass is 32.2. The maximum absolute atomic E-state index is 14.3. The third-order valence-electron chi connectivity index (χ3n) is 5.38. The van der Waals surface area contributed by atoms with Gasteiger partial charge in [0.15, 0.2) is 5.16 Å². The van der Waals surface area contributed by atoms with Gasteiger partial charge in [-0.15, -0.1) is 0 Å². The Morgan fingerprint density at radius 1 is 1.09 bits per heavy atom. The minimum Gasteiger partial charge on any atom is -0.507 e. The van der Waals surface area contributed by atoms with Crippen LogP contribution in [-0.4, -0.2) is 32.5 Å². The second kappa shape index (κ2) is 8.55. The van der Waals surface area contributed by atoms with Gasteiger partial charge in [0.1, 0.15) is 11.6 Å². The van der Waals surface area contributed by atoms with Crippen molar-refractivity contribution in [3.05, 3.63) is 84.4 Å². The summed E-state index contributed by atoms with van der Waals surface area (Å²) in [4.78, 5) is 21.7. The standard InChI is InChI=1S/C25H19FN4O2S/c1-33-25-27-9-10-30(25)16-6-4-5-15(11-16)20-14-24(32)29-21-12-18(23(31)13-22(21)28-20)17-7-2-3-8-19(17)26/h2-13,31H,14H2,1H3,(H,29,32). The van der Waals surface area contributed by atoms with E-state index in [2.05, 4.69) is 10.3 Å². The summed E-state index contributed by atoms with van der Waals surface area (Å²) < 4.78 is 16.3. The number of thioether (sulfide) groups is 1. The molecule has 8 heteroatoms. The first kappa shape index (κ1) is 21.0. The van der Waals surface area contributed by atoms with Crippen molar-refractivity contribution in [2.24, 2.45) is 4.99 Å². The molecule has 0 aliphatic carbocycles. The van der Waals surface area contributed by atoms with E-state index in [1.807, 2.05) is 41.3 Å². The van der Waals surface area contributed by atoms with Gasteiger partial charge >= 0.3 is 0 Å². The van der Waals surface area contributed by atoms with Gasteiger partial charge in [-0.05, 0) is 36.1 Å². The maximum Gasteiger partial charge on any atom is 0.230 e. The summed E-state index contributed by atoms with van der Waals surface area (Å²) in [5, 5.41) is 14.3. The number of fused-ring (bicyclic) bond motifs is 1. The van der Waals surface area contributed by atoms with Crippen molar-refractivity contribution < 1.29 is 14.3 Å². The van der Waals surface area contributed by atoms with Crippen molar-refractivity contribution in [2.45, 2.75) is 11.6 Å². The minimum absolute atomic E-state index is 0.0627. The first-order chi connectivity index (χ1) is 16.0. The molecule has 0 atom stereocenters. The second-order valence-corrected chi connectivity index (χ2v) is 8.26. The Morgan fingerprint density at radius 3 is 2.76 bits per heavy atom. The van der Waals surface area contributed by atoms with E-state index < -0.39 is 5.82 Å². The average Bonchev–Trinajstić information content (AvgIpc) is 3.23. The highest BCUT2D eigenvalue weighted by Crippen LogP contribution is 2.40. The van der Waals surface area contributed by atoms with Crippen molar-refractivity contribution in [1.29, 1.82) is 0 Å². The van der Waals surface area contributed by atoms with E-state index in [1.165, 1.54) is 23.9 Å². The number of nitrogens with zero attached hydrogens (tertiary/aromatic N) is 3. The zero-order valence-corrected chi connectivity index (χ0v) is 18.4. The molecule has 5 rings (SSSR count). The van der Waals surface area contributed by atoms with Crippen LogP contribution in [0.1, 0.15) is 12.0 Å². The van der Waals surface area contributed by atoms with Crippen molar-refractivity contribution in [2.75, 3.05) is 11.6 Å². The molecular weight excluding hydrogens is 439 g/mol. The number of nitrogens with one attached hydrogen (secondary N) is 1. The molecule has 3 aromatic carbocycles. The van der Waals surface area contributed by atoms with Gasteiger partial charge in [0.05, 0.1) is 23.5 Å². The fraction of sp³-hybridized carbons (Fsp3) is 0.0800. The molecule has 0 radical (unpaired) electrons. The summed E-state index contributed by atoms with van der Waals surface area (Å²) in [6.45, 7) is 0. The topological polar surface area (TPSA) is 79.5 Å². The molecule has 2 heterocycles. The van der Waals surface area contributed by atoms with Crippen LogP contribution in [0, 0.1) is 5.82 Å². The zero-order chi connectivity index (χ0) is 22.9. The van der Waals surface area contributed by atoms with Crippen molar-refractivity contribution in [3.8, 4) is 22.6 Å². The molecule has 0 saturated carbocycles. The van der Waals surface area contributed by atoms with Crippen LogP contribution < -0.4 is 5.32 Å². The Kier molecular flexibility index (Phi) is 5.43. The Balaban J connectivity index is 1.59. The number of amides is 1. The molecule has 0 fully saturated rings. The summed E-state index contributed by atoms with van der Waals surface area (Å²) in [7, 11) is 0. The molecule has 33 heavy (non-hydrogen) atoms. The molecule has 1 aromatic heterocycles. The van der Waals surface area contributed by atoms with Gasteiger partial charge in [-0.25, -0.2) is 14.4 Å². The highest BCUT2D eigenvalue weighted by Gasteiger charge is 2.21. The summed E-state index contributed by atoms with van der Waals surface area (Å²) in [6, 6.07) is 16.9. The van der Waals surface area contributed by atoms with Gasteiger partial charge in [-0.3, -0.25) is 9.36 Å². The number of rotatable bonds is 4. The lowest BCUT2D eigenvalue weighted by Crippen LogP contribution is -2.15. The van der Waals surface area contributed by atoms with E-state index in [0.717, 1.165) is 16.4 Å². The largest absolute Gasteiger partial charge is 0.507 e. The molecule has 0 unspecified atom stereocenters. The number of benzene rings is 3. The highest BCUT2D eigenvalue weighted by molar-refractivity contribution is 7.98. The molecule has 1 aliphatic rings. The Morgan fingerprint density at radius 2 is 1.94 bits per heavy atom. The summed E-state index contributed by atoms with van der Waals surface area (Å²) in [5.74, 6) is -0.816. The van der Waals surface area contributed by atoms with Gasteiger partial charge in [0.2, 0.25) is 5.91 Å². The number of carbonyl (C=O) groups is 1. The Hall–Kier alpha value is -3.91. The molecule has 2 N–H and O–H groups in total. The third-order valence-corrected chi connectivity index (χ3v) is 6.05. The first-order valence-corrected chi connectivity index (χ1v) is 11.4. The van der Waals surface area contributed by atoms with Gasteiger partial charge in [0, 0.05) is 35.3 Å². The van der Waals surface area contributed by atoms with Gasteiger partial charge in [-0.1, -0.05) is 42.1 Å². The quantitative estimate of drug-likeness (QED) is 0.310. The smallest absolute Gasteiger partial charge is 0.230 e. The number of phenolic OH excluding ortho intramolecular Hbond substituents is 1. The number of anilines is 1. The van der Waals surface area contributed by atoms with E-state index in [9.17, 15) is 14.3 Å². The zero-order valence-electron chi connectivity index (χ0n) is 17.6. The van der Waals surface area contributed by atoms with Crippen LogP contribution in [0.4, 0.5) is 15.8 Å². The van der Waals surface area contributed by atoms with Crippen LogP contribution >= 0.6 is 11.8 Å². The minimum atomic E-state index is -0.460. The fourth-order valence-electron chi connectivity index (χ4n) is 3.84. The van der Waals surface area contributed by atoms with E-state index in [4.69, 9.17) is 4.99 Å². The number of aromatic nitrogens is 2. The number of halogens is 1. The summed E-state index contributed by atoms with van der Waals surface area (Å²) >= 11 is 1.54. The van der Waals surface area contributed by atoms with E-state index in [-0.39, 0.29) is 29.2 Å². The normalized spacial score (nSPS) is 13.2. The molecule has 6 nitrogen and oxygen atoms in total. The van der Waals surface area contributed by atoms with Crippen LogP contribution in [-0.2, 0) is 4.79 Å². The van der Waals surface area contributed by atoms with Crippen molar-refractivity contribution in [3.63, 3.8) is 0 Å². The number of carbonyl (C=O) groups excluding carboxylic acids is 1. The predicted molar refractivity (Wildman–Crippen MR) is 128 cm³/mol. The lowest BCUT2D eigenvalue weighted by atomic mass is 10.0. The third kappa shape index (κ3) is 4.01. The van der Waals surface area contributed by atoms with Gasteiger partial charge in [0.25, 0.3) is 0 Å². The number of hydrogen-bond donors (Lipinski definition) is 2. The van der Waals surface area contributed by atoms with E-state index in [1.54, 1.807) is 30.5 Å². The summed E-state index contributed by atoms with van der Waals surface area (Å²) in [6.07, 6.45) is 5.64. The van der Waals surface area contributed by atoms with Crippen molar-refractivity contribution >= 4 is 34.8 Å². The summed E-state index contributed by atoms with van der Waals surface area (Å²) in [5.41, 5.74) is 3.62. The van der Waals surface area contributed by atoms with Crippen LogP contribution in [0.15, 0.2) is 83.2 Å². The predicted octanol–water partition coefficient (Wildman–Crippen LogP) is 5.57.